The van der Waals surface area contributed by atoms with Gasteiger partial charge >= 0.3 is 0 Å². The van der Waals surface area contributed by atoms with Crippen molar-refractivity contribution in [2.75, 3.05) is 19.8 Å². The van der Waals surface area contributed by atoms with Crippen LogP contribution in [-0.2, 0) is 11.3 Å². The molecule has 1 aromatic carbocycles. The molecule has 0 saturated carbocycles. The van der Waals surface area contributed by atoms with Crippen molar-refractivity contribution in [1.29, 1.82) is 0 Å². The number of ether oxygens (including phenoxy) is 1. The molecule has 1 heterocycles. The van der Waals surface area contributed by atoms with Crippen LogP contribution in [0.4, 0.5) is 0 Å². The third kappa shape index (κ3) is 3.72. The maximum atomic E-state index is 5.43. The van der Waals surface area contributed by atoms with Crippen LogP contribution in [0, 0.1) is 0 Å². The molecule has 0 spiro atoms. The van der Waals surface area contributed by atoms with E-state index in [0.29, 0.717) is 0 Å². The second kappa shape index (κ2) is 6.99. The van der Waals surface area contributed by atoms with Gasteiger partial charge in [0.1, 0.15) is 0 Å². The summed E-state index contributed by atoms with van der Waals surface area (Å²) in [6.07, 6.45) is 4.76. The number of H-pyrrole nitrogens is 1. The van der Waals surface area contributed by atoms with Crippen molar-refractivity contribution < 1.29 is 4.74 Å². The first kappa shape index (κ1) is 12.9. The minimum atomic E-state index is 0.750. The fraction of sp³-hybridized carbons (Fsp3) is 0.333. The molecular formula is C15H20N2O. The number of benzene rings is 1. The molecule has 0 atom stereocenters. The summed E-state index contributed by atoms with van der Waals surface area (Å²) >= 11 is 0. The first-order chi connectivity index (χ1) is 8.90. The lowest BCUT2D eigenvalue weighted by Gasteiger charge is -2.06. The molecule has 0 fully saturated rings. The van der Waals surface area contributed by atoms with Gasteiger partial charge in [0.2, 0.25) is 0 Å². The number of nitrogens with one attached hydrogen (secondary N) is 2. The largest absolute Gasteiger partial charge is 0.380 e. The summed E-state index contributed by atoms with van der Waals surface area (Å²) in [5, 5.41) is 4.64. The molecule has 0 unspecified atom stereocenters. The lowest BCUT2D eigenvalue weighted by atomic mass is 10.1. The highest BCUT2D eigenvalue weighted by Crippen LogP contribution is 2.13. The average molecular weight is 244 g/mol. The summed E-state index contributed by atoms with van der Waals surface area (Å²) < 4.78 is 5.43. The monoisotopic (exact) mass is 244 g/mol. The summed E-state index contributed by atoms with van der Waals surface area (Å²) in [6.45, 7) is 6.93. The van der Waals surface area contributed by atoms with Gasteiger partial charge < -0.3 is 15.0 Å². The van der Waals surface area contributed by atoms with E-state index >= 15 is 0 Å². The van der Waals surface area contributed by atoms with Gasteiger partial charge in [-0.05, 0) is 35.6 Å². The Hall–Kier alpha value is -1.58. The number of aromatic nitrogens is 1. The quantitative estimate of drug-likeness (QED) is 0.553. The zero-order valence-electron chi connectivity index (χ0n) is 10.6. The van der Waals surface area contributed by atoms with Crippen molar-refractivity contribution >= 4 is 10.9 Å². The Labute approximate surface area is 108 Å². The standard InChI is InChI=1S/C15H20N2O/c1-2-3-9-18-10-8-16-12-13-4-5-15-14(11-13)6-7-17-15/h2,4-7,11,16-17H,1,3,8-10,12H2. The van der Waals surface area contributed by atoms with Gasteiger partial charge in [0.05, 0.1) is 13.2 Å². The molecule has 3 heteroatoms. The first-order valence-corrected chi connectivity index (χ1v) is 6.35. The molecule has 2 N–H and O–H groups in total. The minimum absolute atomic E-state index is 0.750. The van der Waals surface area contributed by atoms with Crippen LogP contribution in [0.1, 0.15) is 12.0 Å². The van der Waals surface area contributed by atoms with Gasteiger partial charge in [-0.2, -0.15) is 0 Å². The fourth-order valence-electron chi connectivity index (χ4n) is 1.86. The molecule has 96 valence electrons. The molecule has 3 nitrogen and oxygen atoms in total. The molecular weight excluding hydrogens is 224 g/mol. The second-order valence-electron chi connectivity index (χ2n) is 4.27. The fourth-order valence-corrected chi connectivity index (χ4v) is 1.86. The highest BCUT2D eigenvalue weighted by molar-refractivity contribution is 5.79. The van der Waals surface area contributed by atoms with Gasteiger partial charge in [0.25, 0.3) is 0 Å². The lowest BCUT2D eigenvalue weighted by Crippen LogP contribution is -2.19. The van der Waals surface area contributed by atoms with Gasteiger partial charge in [-0.1, -0.05) is 12.1 Å². The Morgan fingerprint density at radius 2 is 2.22 bits per heavy atom. The zero-order valence-corrected chi connectivity index (χ0v) is 10.6. The van der Waals surface area contributed by atoms with Crippen LogP contribution in [0.15, 0.2) is 43.1 Å². The van der Waals surface area contributed by atoms with E-state index in [1.807, 2.05) is 12.3 Å². The van der Waals surface area contributed by atoms with Crippen LogP contribution in [0.3, 0.4) is 0 Å². The van der Waals surface area contributed by atoms with Gasteiger partial charge in [-0.3, -0.25) is 0 Å². The third-order valence-corrected chi connectivity index (χ3v) is 2.84. The minimum Gasteiger partial charge on any atom is -0.380 e. The van der Waals surface area contributed by atoms with Crippen molar-refractivity contribution in [3.05, 3.63) is 48.7 Å². The van der Waals surface area contributed by atoms with Gasteiger partial charge in [0.15, 0.2) is 0 Å². The molecule has 0 aliphatic carbocycles. The summed E-state index contributed by atoms with van der Waals surface area (Å²) in [5.74, 6) is 0. The van der Waals surface area contributed by atoms with Gasteiger partial charge in [-0.25, -0.2) is 0 Å². The van der Waals surface area contributed by atoms with E-state index in [4.69, 9.17) is 4.74 Å². The third-order valence-electron chi connectivity index (χ3n) is 2.84. The summed E-state index contributed by atoms with van der Waals surface area (Å²) in [7, 11) is 0. The molecule has 18 heavy (non-hydrogen) atoms. The van der Waals surface area contributed by atoms with E-state index in [0.717, 1.165) is 32.7 Å². The summed E-state index contributed by atoms with van der Waals surface area (Å²) in [6, 6.07) is 8.56. The molecule has 0 amide bonds. The Morgan fingerprint density at radius 3 is 3.11 bits per heavy atom. The van der Waals surface area contributed by atoms with E-state index in [2.05, 4.69) is 41.1 Å². The Morgan fingerprint density at radius 1 is 1.28 bits per heavy atom. The average Bonchev–Trinajstić information content (AvgIpc) is 2.85. The van der Waals surface area contributed by atoms with Crippen molar-refractivity contribution in [2.24, 2.45) is 0 Å². The van der Waals surface area contributed by atoms with Crippen molar-refractivity contribution in [3.8, 4) is 0 Å². The SMILES string of the molecule is C=CCCOCCNCc1ccc2[nH]ccc2c1. The number of hydrogen-bond donors (Lipinski definition) is 2. The highest BCUT2D eigenvalue weighted by atomic mass is 16.5. The van der Waals surface area contributed by atoms with Crippen molar-refractivity contribution in [1.82, 2.24) is 10.3 Å². The van der Waals surface area contributed by atoms with E-state index < -0.39 is 0 Å². The predicted molar refractivity (Wildman–Crippen MR) is 75.6 cm³/mol. The van der Waals surface area contributed by atoms with Crippen molar-refractivity contribution in [2.45, 2.75) is 13.0 Å². The van der Waals surface area contributed by atoms with E-state index in [1.165, 1.54) is 16.5 Å². The smallest absolute Gasteiger partial charge is 0.0591 e. The first-order valence-electron chi connectivity index (χ1n) is 6.35. The van der Waals surface area contributed by atoms with E-state index in [1.54, 1.807) is 0 Å². The number of rotatable bonds is 8. The lowest BCUT2D eigenvalue weighted by molar-refractivity contribution is 0.140. The maximum absolute atomic E-state index is 5.43. The molecule has 0 radical (unpaired) electrons. The van der Waals surface area contributed by atoms with Crippen molar-refractivity contribution in [3.63, 3.8) is 0 Å². The van der Waals surface area contributed by atoms with Crippen LogP contribution < -0.4 is 5.32 Å². The molecule has 1 aromatic heterocycles. The normalized spacial score (nSPS) is 10.9. The maximum Gasteiger partial charge on any atom is 0.0591 e. The Bertz CT molecular complexity index is 490. The summed E-state index contributed by atoms with van der Waals surface area (Å²) in [4.78, 5) is 3.19. The molecule has 2 rings (SSSR count). The molecule has 0 saturated heterocycles. The number of hydrogen-bond acceptors (Lipinski definition) is 2. The van der Waals surface area contributed by atoms with Gasteiger partial charge in [0, 0.05) is 24.8 Å². The molecule has 0 aliphatic heterocycles. The molecule has 2 aromatic rings. The number of fused-ring (bicyclic) bond motifs is 1. The van der Waals surface area contributed by atoms with E-state index in [9.17, 15) is 0 Å². The van der Waals surface area contributed by atoms with Crippen LogP contribution in [0.5, 0.6) is 0 Å². The van der Waals surface area contributed by atoms with Crippen LogP contribution in [0.2, 0.25) is 0 Å². The molecule has 0 aliphatic rings. The number of aromatic amines is 1. The Kier molecular flexibility index (Phi) is 5.00. The zero-order chi connectivity index (χ0) is 12.6. The second-order valence-corrected chi connectivity index (χ2v) is 4.27. The summed E-state index contributed by atoms with van der Waals surface area (Å²) in [5.41, 5.74) is 2.49. The van der Waals surface area contributed by atoms with Crippen LogP contribution >= 0.6 is 0 Å². The highest BCUT2D eigenvalue weighted by Gasteiger charge is 1.97. The van der Waals surface area contributed by atoms with Crippen LogP contribution in [0.25, 0.3) is 10.9 Å². The molecule has 0 bridgehead atoms. The van der Waals surface area contributed by atoms with Crippen LogP contribution in [-0.4, -0.2) is 24.7 Å². The topological polar surface area (TPSA) is 37.0 Å². The van der Waals surface area contributed by atoms with E-state index in [-0.39, 0.29) is 0 Å². The predicted octanol–water partition coefficient (Wildman–Crippen LogP) is 2.85. The van der Waals surface area contributed by atoms with Gasteiger partial charge in [-0.15, -0.1) is 6.58 Å². The Balaban J connectivity index is 1.68.